The van der Waals surface area contributed by atoms with Crippen LogP contribution in [0.15, 0.2) is 66.7 Å². The summed E-state index contributed by atoms with van der Waals surface area (Å²) < 4.78 is 6.11. The summed E-state index contributed by atoms with van der Waals surface area (Å²) in [5.74, 6) is -6.42. The number of benzene rings is 2. The number of nitrogens with one attached hydrogen (secondary N) is 4. The zero-order valence-electron chi connectivity index (χ0n) is 56.9. The van der Waals surface area contributed by atoms with E-state index in [1.165, 1.54) is 19.3 Å². The van der Waals surface area contributed by atoms with Crippen molar-refractivity contribution in [2.75, 3.05) is 59.8 Å². The third-order valence-corrected chi connectivity index (χ3v) is 18.5. The van der Waals surface area contributed by atoms with Crippen LogP contribution in [0.2, 0.25) is 0 Å². The molecule has 2 heterocycles. The Hall–Kier alpha value is -7.17. The van der Waals surface area contributed by atoms with Crippen molar-refractivity contribution in [3.05, 3.63) is 77.9 Å². The Morgan fingerprint density at radius 1 is 0.717 bits per heavy atom. The van der Waals surface area contributed by atoms with E-state index < -0.39 is 84.3 Å². The largest absolute Gasteiger partial charge is 0.396 e. The predicted octanol–water partition coefficient (Wildman–Crippen LogP) is 6.45. The van der Waals surface area contributed by atoms with Gasteiger partial charge in [0.05, 0.1) is 30.7 Å². The monoisotopic (exact) mass is 1280 g/mol. The van der Waals surface area contributed by atoms with Crippen molar-refractivity contribution in [2.24, 2.45) is 53.1 Å². The fourth-order valence-electron chi connectivity index (χ4n) is 13.0. The number of nitrogens with zero attached hydrogens (tertiary/aromatic N) is 4. The lowest BCUT2D eigenvalue weighted by Gasteiger charge is -2.41. The number of urea groups is 1. The van der Waals surface area contributed by atoms with Crippen LogP contribution < -0.4 is 27.0 Å². The molecule has 22 heteroatoms. The van der Waals surface area contributed by atoms with Gasteiger partial charge in [0.15, 0.2) is 11.6 Å². The molecule has 0 saturated carbocycles. The van der Waals surface area contributed by atoms with Crippen LogP contribution >= 0.6 is 0 Å². The maximum Gasteiger partial charge on any atom is 0.312 e. The summed E-state index contributed by atoms with van der Waals surface area (Å²) in [6.07, 6.45) is 5.83. The SMILES string of the molecule is CC[C@H](C)[C@@H]([C@@H](CC(=O)N1CCC[C@H]1[C@H](CO)[C@@H](C)C(=O)NC(Cc1ccccc1)C(=O)Cc1ccc(NC(=O)[C@H](CCCNC(N)=O)NC(=O)[C@@H](CC(=O)CCCCCN2C(=O)C=CC2=O)C(C)C)cc1)OC)N(C)C(=O)[C@@H](CC(=O)[C@H](C(C)C)N(C)C)C(C)C. The van der Waals surface area contributed by atoms with Crippen LogP contribution in [-0.2, 0) is 65.5 Å². The number of aliphatic hydroxyl groups is 1. The lowest BCUT2D eigenvalue weighted by atomic mass is 9.83. The minimum Gasteiger partial charge on any atom is -0.396 e. The highest BCUT2D eigenvalue weighted by Crippen LogP contribution is 2.33. The van der Waals surface area contributed by atoms with Gasteiger partial charge in [0.1, 0.15) is 11.8 Å². The minimum atomic E-state index is -1.08. The van der Waals surface area contributed by atoms with Crippen molar-refractivity contribution in [3.8, 4) is 0 Å². The van der Waals surface area contributed by atoms with Crippen molar-refractivity contribution >= 4 is 70.4 Å². The summed E-state index contributed by atoms with van der Waals surface area (Å²) in [7, 11) is 7.00. The summed E-state index contributed by atoms with van der Waals surface area (Å²) in [5, 5.41) is 22.3. The highest BCUT2D eigenvalue weighted by molar-refractivity contribution is 6.12. The van der Waals surface area contributed by atoms with Crippen LogP contribution in [0, 0.1) is 47.3 Å². The molecule has 22 nitrogen and oxygen atoms in total. The maximum absolute atomic E-state index is 14.6. The first kappa shape index (κ1) is 77.3. The van der Waals surface area contributed by atoms with Crippen molar-refractivity contribution in [1.29, 1.82) is 0 Å². The van der Waals surface area contributed by atoms with E-state index in [0.717, 1.165) is 10.5 Å². The molecule has 0 spiro atoms. The summed E-state index contributed by atoms with van der Waals surface area (Å²) in [6, 6.07) is 11.6. The van der Waals surface area contributed by atoms with Gasteiger partial charge in [-0.1, -0.05) is 118 Å². The molecule has 9 amide bonds. The smallest absolute Gasteiger partial charge is 0.312 e. The molecule has 0 aromatic heterocycles. The van der Waals surface area contributed by atoms with Crippen LogP contribution in [0.1, 0.15) is 150 Å². The molecule has 2 aromatic rings. The van der Waals surface area contributed by atoms with Gasteiger partial charge in [-0.2, -0.15) is 0 Å². The number of aliphatic hydroxyl groups excluding tert-OH is 1. The van der Waals surface area contributed by atoms with Crippen molar-refractivity contribution in [2.45, 2.75) is 189 Å². The number of rotatable bonds is 41. The maximum atomic E-state index is 14.6. The lowest BCUT2D eigenvalue weighted by molar-refractivity contribution is -0.148. The van der Waals surface area contributed by atoms with E-state index in [1.807, 2.05) is 105 Å². The molecule has 7 N–H and O–H groups in total. The molecule has 0 radical (unpaired) electrons. The van der Waals surface area contributed by atoms with Gasteiger partial charge < -0.3 is 46.6 Å². The number of methoxy groups -OCH3 is 1. The number of primary amides is 1. The van der Waals surface area contributed by atoms with Crippen LogP contribution in [0.4, 0.5) is 10.5 Å². The number of imide groups is 1. The van der Waals surface area contributed by atoms with Crippen LogP contribution in [-0.4, -0.2) is 180 Å². The van der Waals surface area contributed by atoms with Gasteiger partial charge in [0, 0.05) is 114 Å². The molecule has 2 aromatic carbocycles. The van der Waals surface area contributed by atoms with Crippen molar-refractivity contribution < 1.29 is 62.6 Å². The Morgan fingerprint density at radius 2 is 1.35 bits per heavy atom. The van der Waals surface area contributed by atoms with E-state index in [2.05, 4.69) is 21.3 Å². The van der Waals surface area contributed by atoms with Gasteiger partial charge >= 0.3 is 6.03 Å². The zero-order chi connectivity index (χ0) is 68.5. The molecule has 1 fully saturated rings. The number of ketones is 3. The lowest BCUT2D eigenvalue weighted by Crippen LogP contribution is -2.54. The predicted molar refractivity (Wildman–Crippen MR) is 353 cm³/mol. The average molecular weight is 1280 g/mol. The highest BCUT2D eigenvalue weighted by Gasteiger charge is 2.44. The van der Waals surface area contributed by atoms with Gasteiger partial charge in [0.25, 0.3) is 11.8 Å². The molecule has 510 valence electrons. The third-order valence-electron chi connectivity index (χ3n) is 18.5. The van der Waals surface area contributed by atoms with Crippen molar-refractivity contribution in [3.63, 3.8) is 0 Å². The third kappa shape index (κ3) is 23.1. The Labute approximate surface area is 545 Å². The number of carbonyl (C=O) groups is 11. The van der Waals surface area contributed by atoms with E-state index in [0.29, 0.717) is 56.3 Å². The van der Waals surface area contributed by atoms with Crippen LogP contribution in [0.25, 0.3) is 0 Å². The molecule has 0 bridgehead atoms. The van der Waals surface area contributed by atoms with Gasteiger partial charge in [-0.05, 0) is 106 Å². The van der Waals surface area contributed by atoms with E-state index in [4.69, 9.17) is 10.5 Å². The number of Topliss-reactive ketones (excluding diaryl/α,β-unsaturated/α-hetero) is 3. The number of hydrogen-bond donors (Lipinski definition) is 6. The molecule has 92 heavy (non-hydrogen) atoms. The molecule has 4 rings (SSSR count). The van der Waals surface area contributed by atoms with Crippen LogP contribution in [0.5, 0.6) is 0 Å². The van der Waals surface area contributed by atoms with E-state index in [1.54, 1.807) is 48.0 Å². The zero-order valence-corrected chi connectivity index (χ0v) is 56.9. The summed E-state index contributed by atoms with van der Waals surface area (Å²) in [4.78, 5) is 154. The topological polar surface area (TPSA) is 304 Å². The van der Waals surface area contributed by atoms with Gasteiger partial charge in [-0.3, -0.25) is 57.7 Å². The Kier molecular flexibility index (Phi) is 32.0. The first-order valence-electron chi connectivity index (χ1n) is 33.1. The molecule has 11 atom stereocenters. The standard InChI is InChI=1S/C70H107N9O13/c1-14-46(8)65(77(12)69(90)53(44(4)5)40-59(83)64(45(6)7)76(10)11)60(92-13)41-63(86)78-36-22-27-57(78)54(42-80)47(9)66(87)75-56(37-48-23-17-15-18-24-48)58(82)38-49-28-30-50(31-29-49)73-68(89)55(26-21-34-72-70(71)91)74-67(88)52(43(2)3)39-51(81)25-19-16-20-35-79-61(84)32-33-62(79)85/h15,17-18,23-24,28-33,43-47,52-57,60,64-65,80H,14,16,19-22,25-27,34-42H2,1-13H3,(H,73,89)(H,74,88)(H,75,87)(H3,71,72,91)/t46-,47+,52-,53-,54+,55-,56?,57-,60+,64-,65-/m0/s1. The quantitative estimate of drug-likeness (QED) is 0.0308. The number of nitrogens with two attached hydrogens (primary N) is 1. The fraction of sp³-hybridized carbons (Fsp3) is 0.643. The molecular formula is C70H107N9O13. The second-order valence-electron chi connectivity index (χ2n) is 26.5. The van der Waals surface area contributed by atoms with Crippen LogP contribution in [0.3, 0.4) is 0 Å². The highest BCUT2D eigenvalue weighted by atomic mass is 16.5. The number of amides is 9. The average Bonchev–Trinajstić information content (AvgIpc) is 1.50. The summed E-state index contributed by atoms with van der Waals surface area (Å²) in [6.45, 7) is 17.6. The number of likely N-dealkylation sites (N-methyl/N-ethyl adjacent to an activating group) is 2. The van der Waals surface area contributed by atoms with E-state index >= 15 is 0 Å². The fourth-order valence-corrected chi connectivity index (χ4v) is 13.0. The first-order chi connectivity index (χ1) is 43.5. The molecule has 1 unspecified atom stereocenters. The number of likely N-dealkylation sites (tertiary alicyclic amines) is 1. The Bertz CT molecular complexity index is 2800. The first-order valence-corrected chi connectivity index (χ1v) is 33.1. The molecule has 2 aliphatic heterocycles. The number of anilines is 1. The number of carbonyl (C=O) groups excluding carboxylic acids is 11. The van der Waals surface area contributed by atoms with Gasteiger partial charge in [-0.25, -0.2) is 4.79 Å². The number of hydrogen-bond acceptors (Lipinski definition) is 14. The van der Waals surface area contributed by atoms with Gasteiger partial charge in [0.2, 0.25) is 29.5 Å². The number of unbranched alkanes of at least 4 members (excludes halogenated alkanes) is 2. The van der Waals surface area contributed by atoms with Crippen molar-refractivity contribution in [1.82, 2.24) is 35.6 Å². The second-order valence-corrected chi connectivity index (χ2v) is 26.5. The molecule has 1 saturated heterocycles. The molecule has 0 aliphatic carbocycles. The summed E-state index contributed by atoms with van der Waals surface area (Å²) >= 11 is 0. The van der Waals surface area contributed by atoms with E-state index in [-0.39, 0.29) is 135 Å². The normalized spacial score (nSPS) is 17.4. The van der Waals surface area contributed by atoms with E-state index in [9.17, 15) is 57.8 Å². The molecular weight excluding hydrogens is 1170 g/mol. The summed E-state index contributed by atoms with van der Waals surface area (Å²) in [5.41, 5.74) is 7.01. The number of ether oxygens (including phenoxy) is 1. The Morgan fingerprint density at radius 3 is 1.91 bits per heavy atom. The Balaban J connectivity index is 1.45. The minimum absolute atomic E-state index is 0.0000889. The van der Waals surface area contributed by atoms with Gasteiger partial charge in [-0.15, -0.1) is 0 Å². The molecule has 2 aliphatic rings. The second kappa shape index (κ2) is 38.1.